The van der Waals surface area contributed by atoms with Gasteiger partial charge in [0.05, 0.1) is 6.10 Å². The molecule has 1 atom stereocenters. The van der Waals surface area contributed by atoms with Gasteiger partial charge in [-0.1, -0.05) is 51.9 Å². The molecule has 1 heterocycles. The highest BCUT2D eigenvalue weighted by atomic mass is 32.1. The van der Waals surface area contributed by atoms with Crippen molar-refractivity contribution in [2.45, 2.75) is 71.3 Å². The summed E-state index contributed by atoms with van der Waals surface area (Å²) in [6, 6.07) is 2.09. The number of unbranched alkanes of at least 4 members (excludes halogenated alkanes) is 6. The lowest BCUT2D eigenvalue weighted by atomic mass is 10.0. The van der Waals surface area contributed by atoms with Crippen LogP contribution in [0.3, 0.4) is 0 Å². The standard InChI is InChI=1S/C15H26OS/c1-3-4-5-6-7-8-9-10-14(16)15-13(2)11-12-17-15/h11-12,14,16H,3-10H2,1-2H3. The van der Waals surface area contributed by atoms with Gasteiger partial charge in [-0.25, -0.2) is 0 Å². The maximum Gasteiger partial charge on any atom is 0.0884 e. The van der Waals surface area contributed by atoms with Gasteiger partial charge in [-0.3, -0.25) is 0 Å². The number of aliphatic hydroxyl groups excluding tert-OH is 1. The highest BCUT2D eigenvalue weighted by Gasteiger charge is 2.10. The molecule has 0 aliphatic heterocycles. The Balaban J connectivity index is 2.05. The van der Waals surface area contributed by atoms with E-state index >= 15 is 0 Å². The average molecular weight is 254 g/mol. The third kappa shape index (κ3) is 5.69. The zero-order valence-corrected chi connectivity index (χ0v) is 12.1. The molecule has 0 saturated carbocycles. The first-order valence-electron chi connectivity index (χ1n) is 6.97. The first kappa shape index (κ1) is 14.7. The number of aliphatic hydroxyl groups is 1. The Morgan fingerprint density at radius 1 is 1.12 bits per heavy atom. The summed E-state index contributed by atoms with van der Waals surface area (Å²) in [5.74, 6) is 0. The molecule has 0 bridgehead atoms. The van der Waals surface area contributed by atoms with Gasteiger partial charge in [-0.15, -0.1) is 11.3 Å². The van der Waals surface area contributed by atoms with E-state index < -0.39 is 0 Å². The Kier molecular flexibility index (Phi) is 7.54. The molecule has 0 aliphatic rings. The quantitative estimate of drug-likeness (QED) is 0.598. The molecule has 0 aromatic carbocycles. The third-order valence-corrected chi connectivity index (χ3v) is 4.41. The predicted molar refractivity (Wildman–Crippen MR) is 76.6 cm³/mol. The number of thiophene rings is 1. The maximum absolute atomic E-state index is 10.0. The molecule has 0 spiro atoms. The van der Waals surface area contributed by atoms with E-state index in [4.69, 9.17) is 0 Å². The van der Waals surface area contributed by atoms with Crippen LogP contribution in [0.15, 0.2) is 11.4 Å². The minimum Gasteiger partial charge on any atom is -0.388 e. The van der Waals surface area contributed by atoms with Crippen molar-refractivity contribution in [3.63, 3.8) is 0 Å². The lowest BCUT2D eigenvalue weighted by Crippen LogP contribution is -1.96. The van der Waals surface area contributed by atoms with Gasteiger partial charge in [0.15, 0.2) is 0 Å². The Hall–Kier alpha value is -0.340. The normalized spacial score (nSPS) is 12.9. The van der Waals surface area contributed by atoms with Crippen molar-refractivity contribution in [1.82, 2.24) is 0 Å². The van der Waals surface area contributed by atoms with Gasteiger partial charge in [-0.2, -0.15) is 0 Å². The van der Waals surface area contributed by atoms with Crippen LogP contribution < -0.4 is 0 Å². The summed E-state index contributed by atoms with van der Waals surface area (Å²) in [6.45, 7) is 4.33. The molecule has 1 N–H and O–H groups in total. The van der Waals surface area contributed by atoms with Crippen LogP contribution in [0, 0.1) is 6.92 Å². The minimum absolute atomic E-state index is 0.231. The Morgan fingerprint density at radius 2 is 1.76 bits per heavy atom. The van der Waals surface area contributed by atoms with Crippen LogP contribution in [0.5, 0.6) is 0 Å². The fourth-order valence-corrected chi connectivity index (χ4v) is 3.10. The monoisotopic (exact) mass is 254 g/mol. The Morgan fingerprint density at radius 3 is 2.35 bits per heavy atom. The second-order valence-electron chi connectivity index (χ2n) is 4.89. The van der Waals surface area contributed by atoms with Gasteiger partial charge in [0.25, 0.3) is 0 Å². The molecule has 0 radical (unpaired) electrons. The smallest absolute Gasteiger partial charge is 0.0884 e. The van der Waals surface area contributed by atoms with E-state index in [0.717, 1.165) is 17.7 Å². The second kappa shape index (κ2) is 8.71. The molecule has 1 nitrogen and oxygen atoms in total. The lowest BCUT2D eigenvalue weighted by molar-refractivity contribution is 0.166. The van der Waals surface area contributed by atoms with E-state index in [9.17, 15) is 5.11 Å². The predicted octanol–water partition coefficient (Wildman–Crippen LogP) is 5.23. The molecule has 0 saturated heterocycles. The molecular formula is C15H26OS. The van der Waals surface area contributed by atoms with Gasteiger partial charge >= 0.3 is 0 Å². The van der Waals surface area contributed by atoms with Gasteiger partial charge in [-0.05, 0) is 30.4 Å². The highest BCUT2D eigenvalue weighted by Crippen LogP contribution is 2.27. The minimum atomic E-state index is -0.231. The van der Waals surface area contributed by atoms with Crippen molar-refractivity contribution in [3.05, 3.63) is 21.9 Å². The molecule has 2 heteroatoms. The summed E-state index contributed by atoms with van der Waals surface area (Å²) in [4.78, 5) is 1.16. The van der Waals surface area contributed by atoms with E-state index in [1.54, 1.807) is 11.3 Å². The van der Waals surface area contributed by atoms with Gasteiger partial charge in [0, 0.05) is 4.88 Å². The van der Waals surface area contributed by atoms with Crippen LogP contribution >= 0.6 is 11.3 Å². The largest absolute Gasteiger partial charge is 0.388 e. The zero-order valence-electron chi connectivity index (χ0n) is 11.2. The first-order chi connectivity index (χ1) is 8.25. The fourth-order valence-electron chi connectivity index (χ4n) is 2.15. The van der Waals surface area contributed by atoms with E-state index in [1.807, 2.05) is 0 Å². The zero-order chi connectivity index (χ0) is 12.5. The van der Waals surface area contributed by atoms with Crippen LogP contribution in [0.4, 0.5) is 0 Å². The number of rotatable bonds is 9. The number of hydrogen-bond donors (Lipinski definition) is 1. The summed E-state index contributed by atoms with van der Waals surface area (Å²) < 4.78 is 0. The summed E-state index contributed by atoms with van der Waals surface area (Å²) in [7, 11) is 0. The van der Waals surface area contributed by atoms with Crippen molar-refractivity contribution in [2.75, 3.05) is 0 Å². The van der Waals surface area contributed by atoms with Gasteiger partial charge in [0.2, 0.25) is 0 Å². The van der Waals surface area contributed by atoms with Crippen LogP contribution in [-0.4, -0.2) is 5.11 Å². The fraction of sp³-hybridized carbons (Fsp3) is 0.733. The van der Waals surface area contributed by atoms with Crippen LogP contribution in [0.2, 0.25) is 0 Å². The summed E-state index contributed by atoms with van der Waals surface area (Å²) in [5.41, 5.74) is 1.24. The Labute approximate surface area is 110 Å². The molecule has 1 rings (SSSR count). The molecule has 0 aliphatic carbocycles. The van der Waals surface area contributed by atoms with Crippen molar-refractivity contribution in [2.24, 2.45) is 0 Å². The molecule has 0 fully saturated rings. The summed E-state index contributed by atoms with van der Waals surface area (Å²) in [6.07, 6.45) is 9.88. The number of hydrogen-bond acceptors (Lipinski definition) is 2. The van der Waals surface area contributed by atoms with Crippen molar-refractivity contribution >= 4 is 11.3 Å². The van der Waals surface area contributed by atoms with E-state index in [0.29, 0.717) is 0 Å². The van der Waals surface area contributed by atoms with Crippen LogP contribution in [-0.2, 0) is 0 Å². The van der Waals surface area contributed by atoms with Crippen LogP contribution in [0.25, 0.3) is 0 Å². The topological polar surface area (TPSA) is 20.2 Å². The van der Waals surface area contributed by atoms with E-state index in [1.165, 1.54) is 44.1 Å². The van der Waals surface area contributed by atoms with E-state index in [-0.39, 0.29) is 6.10 Å². The maximum atomic E-state index is 10.0. The third-order valence-electron chi connectivity index (χ3n) is 3.29. The Bertz CT molecular complexity index is 293. The molecular weight excluding hydrogens is 228 g/mol. The van der Waals surface area contributed by atoms with Crippen molar-refractivity contribution in [1.29, 1.82) is 0 Å². The molecule has 0 amide bonds. The van der Waals surface area contributed by atoms with E-state index in [2.05, 4.69) is 25.3 Å². The first-order valence-corrected chi connectivity index (χ1v) is 7.85. The molecule has 17 heavy (non-hydrogen) atoms. The summed E-state index contributed by atoms with van der Waals surface area (Å²) in [5, 5.41) is 12.1. The lowest BCUT2D eigenvalue weighted by Gasteiger charge is -2.09. The van der Waals surface area contributed by atoms with Gasteiger partial charge in [0.1, 0.15) is 0 Å². The molecule has 98 valence electrons. The van der Waals surface area contributed by atoms with Crippen molar-refractivity contribution < 1.29 is 5.11 Å². The second-order valence-corrected chi connectivity index (χ2v) is 5.84. The average Bonchev–Trinajstić information content (AvgIpc) is 2.74. The summed E-state index contributed by atoms with van der Waals surface area (Å²) >= 11 is 1.68. The number of aryl methyl sites for hydroxylation is 1. The van der Waals surface area contributed by atoms with Gasteiger partial charge < -0.3 is 5.11 Å². The molecule has 1 aromatic heterocycles. The molecule has 1 unspecified atom stereocenters. The highest BCUT2D eigenvalue weighted by molar-refractivity contribution is 7.10. The van der Waals surface area contributed by atoms with Crippen LogP contribution in [0.1, 0.15) is 74.8 Å². The van der Waals surface area contributed by atoms with Crippen molar-refractivity contribution in [3.8, 4) is 0 Å². The molecule has 1 aromatic rings. The SMILES string of the molecule is CCCCCCCCCC(O)c1sccc1C.